The van der Waals surface area contributed by atoms with Crippen molar-refractivity contribution in [1.82, 2.24) is 4.90 Å². The molecule has 1 N–H and O–H groups in total. The summed E-state index contributed by atoms with van der Waals surface area (Å²) < 4.78 is 0. The summed E-state index contributed by atoms with van der Waals surface area (Å²) >= 11 is 0. The van der Waals surface area contributed by atoms with Crippen molar-refractivity contribution in [3.8, 4) is 0 Å². The number of carbonyl (C=O) groups is 1. The molecule has 0 spiro atoms. The Morgan fingerprint density at radius 1 is 1.18 bits per heavy atom. The molecule has 0 unspecified atom stereocenters. The second kappa shape index (κ2) is 6.60. The summed E-state index contributed by atoms with van der Waals surface area (Å²) in [4.78, 5) is 13.7. The highest BCUT2D eigenvalue weighted by Crippen LogP contribution is 2.31. The number of carbonyl (C=O) groups excluding carboxylic acids is 1. The molecule has 0 atom stereocenters. The summed E-state index contributed by atoms with van der Waals surface area (Å²) in [5.74, 6) is -0.00537. The smallest absolute Gasteiger partial charge is 0.226 e. The van der Waals surface area contributed by atoms with Crippen LogP contribution in [0.4, 0.5) is 0 Å². The molecule has 0 saturated heterocycles. The minimum atomic E-state index is -0.782. The summed E-state index contributed by atoms with van der Waals surface area (Å²) in [6.45, 7) is 8.31. The van der Waals surface area contributed by atoms with Gasteiger partial charge in [0.15, 0.2) is 0 Å². The van der Waals surface area contributed by atoms with Crippen LogP contribution in [0.2, 0.25) is 0 Å². The van der Waals surface area contributed by atoms with Crippen LogP contribution >= 0.6 is 0 Å². The number of hydrogen-bond acceptors (Lipinski definition) is 2. The average Bonchev–Trinajstić information content (AvgIpc) is 2.29. The Hall–Kier alpha value is -1.09. The quantitative estimate of drug-likeness (QED) is 0.720. The fourth-order valence-corrected chi connectivity index (χ4v) is 2.37. The third kappa shape index (κ3) is 4.35. The lowest BCUT2D eigenvalue weighted by molar-refractivity contribution is -0.136. The maximum Gasteiger partial charge on any atom is 0.226 e. The first-order valence-electron chi connectivity index (χ1n) is 6.33. The number of nitrogens with zero attached hydrogens (tertiary/aromatic N) is 1. The van der Waals surface area contributed by atoms with Crippen molar-refractivity contribution < 1.29 is 9.90 Å². The van der Waals surface area contributed by atoms with Crippen LogP contribution in [0.5, 0.6) is 0 Å². The van der Waals surface area contributed by atoms with E-state index in [1.807, 2.05) is 0 Å². The van der Waals surface area contributed by atoms with Crippen molar-refractivity contribution in [3.63, 3.8) is 0 Å². The van der Waals surface area contributed by atoms with Gasteiger partial charge < -0.3 is 10.0 Å². The lowest BCUT2D eigenvalue weighted by Crippen LogP contribution is -2.40. The van der Waals surface area contributed by atoms with Crippen molar-refractivity contribution in [2.75, 3.05) is 13.1 Å². The molecule has 0 radical (unpaired) electrons. The van der Waals surface area contributed by atoms with Crippen molar-refractivity contribution >= 4 is 5.91 Å². The van der Waals surface area contributed by atoms with E-state index in [-0.39, 0.29) is 12.3 Å². The van der Waals surface area contributed by atoms with Gasteiger partial charge in [0.05, 0.1) is 12.0 Å². The molecule has 1 fully saturated rings. The first kappa shape index (κ1) is 14.0. The Kier molecular flexibility index (Phi) is 5.42. The molecule has 0 heterocycles. The molecule has 96 valence electrons. The summed E-state index contributed by atoms with van der Waals surface area (Å²) in [6.07, 6.45) is 8.33. The van der Waals surface area contributed by atoms with Crippen molar-refractivity contribution in [2.24, 2.45) is 0 Å². The Morgan fingerprint density at radius 3 is 2.18 bits per heavy atom. The Labute approximate surface area is 104 Å². The van der Waals surface area contributed by atoms with Gasteiger partial charge in [-0.2, -0.15) is 0 Å². The number of hydrogen-bond donors (Lipinski definition) is 1. The molecule has 0 aromatic carbocycles. The van der Waals surface area contributed by atoms with E-state index in [9.17, 15) is 9.90 Å². The molecule has 1 saturated carbocycles. The van der Waals surface area contributed by atoms with Gasteiger partial charge in [0, 0.05) is 13.1 Å². The Morgan fingerprint density at radius 2 is 1.71 bits per heavy atom. The standard InChI is InChI=1S/C14H23NO2/c1-3-10-15(11-4-2)13(16)12-14(17)8-6-5-7-9-14/h3-4,17H,1-2,5-12H2. The van der Waals surface area contributed by atoms with Gasteiger partial charge in [0.2, 0.25) is 5.91 Å². The number of aliphatic hydroxyl groups is 1. The molecule has 17 heavy (non-hydrogen) atoms. The van der Waals surface area contributed by atoms with Gasteiger partial charge in [-0.1, -0.05) is 31.4 Å². The molecule has 1 aliphatic carbocycles. The molecule has 1 rings (SSSR count). The van der Waals surface area contributed by atoms with Crippen LogP contribution in [0.25, 0.3) is 0 Å². The predicted molar refractivity (Wildman–Crippen MR) is 69.6 cm³/mol. The highest BCUT2D eigenvalue weighted by molar-refractivity contribution is 5.77. The summed E-state index contributed by atoms with van der Waals surface area (Å²) in [7, 11) is 0. The molecule has 0 aromatic rings. The third-order valence-electron chi connectivity index (χ3n) is 3.32. The molecule has 0 bridgehead atoms. The van der Waals surface area contributed by atoms with Gasteiger partial charge in [-0.25, -0.2) is 0 Å². The molecule has 1 aliphatic rings. The van der Waals surface area contributed by atoms with E-state index in [1.165, 1.54) is 6.42 Å². The van der Waals surface area contributed by atoms with Crippen LogP contribution in [0.3, 0.4) is 0 Å². The van der Waals surface area contributed by atoms with Gasteiger partial charge in [0.1, 0.15) is 0 Å². The van der Waals surface area contributed by atoms with Crippen LogP contribution in [0.1, 0.15) is 38.5 Å². The summed E-state index contributed by atoms with van der Waals surface area (Å²) in [6, 6.07) is 0. The molecular weight excluding hydrogens is 214 g/mol. The first-order valence-corrected chi connectivity index (χ1v) is 6.33. The minimum absolute atomic E-state index is 0.00537. The second-order valence-electron chi connectivity index (χ2n) is 4.84. The molecule has 3 heteroatoms. The minimum Gasteiger partial charge on any atom is -0.389 e. The lowest BCUT2D eigenvalue weighted by Gasteiger charge is -2.33. The average molecular weight is 237 g/mol. The first-order chi connectivity index (χ1) is 8.11. The van der Waals surface area contributed by atoms with Gasteiger partial charge in [-0.3, -0.25) is 4.79 Å². The summed E-state index contributed by atoms with van der Waals surface area (Å²) in [5.41, 5.74) is -0.782. The molecule has 3 nitrogen and oxygen atoms in total. The largest absolute Gasteiger partial charge is 0.389 e. The van der Waals surface area contributed by atoms with E-state index in [0.29, 0.717) is 13.1 Å². The van der Waals surface area contributed by atoms with Gasteiger partial charge in [0.25, 0.3) is 0 Å². The number of rotatable bonds is 6. The second-order valence-corrected chi connectivity index (χ2v) is 4.84. The zero-order chi connectivity index (χ0) is 12.7. The molecule has 0 aliphatic heterocycles. The normalized spacial score (nSPS) is 18.4. The van der Waals surface area contributed by atoms with Crippen molar-refractivity contribution in [3.05, 3.63) is 25.3 Å². The molecular formula is C14H23NO2. The third-order valence-corrected chi connectivity index (χ3v) is 3.32. The molecule has 0 aromatic heterocycles. The molecule has 1 amide bonds. The van der Waals surface area contributed by atoms with Crippen LogP contribution in [-0.4, -0.2) is 34.6 Å². The van der Waals surface area contributed by atoms with Gasteiger partial charge >= 0.3 is 0 Å². The van der Waals surface area contributed by atoms with Gasteiger partial charge in [-0.05, 0) is 12.8 Å². The predicted octanol–water partition coefficient (Wildman–Crippen LogP) is 2.27. The fraction of sp³-hybridized carbons (Fsp3) is 0.643. The Bertz CT molecular complexity index is 270. The Balaban J connectivity index is 2.54. The zero-order valence-corrected chi connectivity index (χ0v) is 10.5. The van der Waals surface area contributed by atoms with Crippen LogP contribution in [0.15, 0.2) is 25.3 Å². The highest BCUT2D eigenvalue weighted by atomic mass is 16.3. The van der Waals surface area contributed by atoms with E-state index in [2.05, 4.69) is 13.2 Å². The van der Waals surface area contributed by atoms with Gasteiger partial charge in [-0.15, -0.1) is 13.2 Å². The van der Waals surface area contributed by atoms with E-state index >= 15 is 0 Å². The maximum absolute atomic E-state index is 12.1. The van der Waals surface area contributed by atoms with Crippen molar-refractivity contribution in [2.45, 2.75) is 44.1 Å². The van der Waals surface area contributed by atoms with Crippen LogP contribution in [-0.2, 0) is 4.79 Å². The lowest BCUT2D eigenvalue weighted by atomic mass is 9.82. The highest BCUT2D eigenvalue weighted by Gasteiger charge is 2.32. The number of amides is 1. The van der Waals surface area contributed by atoms with E-state index in [4.69, 9.17) is 0 Å². The van der Waals surface area contributed by atoms with E-state index in [0.717, 1.165) is 25.7 Å². The monoisotopic (exact) mass is 237 g/mol. The zero-order valence-electron chi connectivity index (χ0n) is 10.5. The topological polar surface area (TPSA) is 40.5 Å². The SMILES string of the molecule is C=CCN(CC=C)C(=O)CC1(O)CCCCC1. The fourth-order valence-electron chi connectivity index (χ4n) is 2.37. The van der Waals surface area contributed by atoms with Crippen LogP contribution in [0, 0.1) is 0 Å². The van der Waals surface area contributed by atoms with Crippen LogP contribution < -0.4 is 0 Å². The van der Waals surface area contributed by atoms with E-state index < -0.39 is 5.60 Å². The maximum atomic E-state index is 12.1. The van der Waals surface area contributed by atoms with Crippen molar-refractivity contribution in [1.29, 1.82) is 0 Å². The summed E-state index contributed by atoms with van der Waals surface area (Å²) in [5, 5.41) is 10.3. The van der Waals surface area contributed by atoms with E-state index in [1.54, 1.807) is 17.1 Å².